The molecule has 16 heavy (non-hydrogen) atoms. The molecule has 3 unspecified atom stereocenters. The standard InChI is InChI=1S/C11H14FN3O/c1-6-10(12)11(14-5-13-6)15-8-4-7-2-3-9(8)16-7/h5,7-9H,2-4H2,1H3,(H,13,14,15). The first-order valence-corrected chi connectivity index (χ1v) is 5.63. The number of hydrogen-bond donors (Lipinski definition) is 1. The Morgan fingerprint density at radius 2 is 2.31 bits per heavy atom. The summed E-state index contributed by atoms with van der Waals surface area (Å²) < 4.78 is 19.4. The average Bonchev–Trinajstić information content (AvgIpc) is 2.86. The summed E-state index contributed by atoms with van der Waals surface area (Å²) in [4.78, 5) is 7.74. The fourth-order valence-electron chi connectivity index (χ4n) is 2.52. The number of rotatable bonds is 2. The second kappa shape index (κ2) is 3.66. The Labute approximate surface area is 93.2 Å². The van der Waals surface area contributed by atoms with Crippen molar-refractivity contribution in [2.45, 2.75) is 44.4 Å². The number of nitrogens with one attached hydrogen (secondary N) is 1. The van der Waals surface area contributed by atoms with Gasteiger partial charge < -0.3 is 10.1 Å². The van der Waals surface area contributed by atoms with Crippen LogP contribution in [0.4, 0.5) is 10.2 Å². The number of fused-ring (bicyclic) bond motifs is 2. The molecule has 0 aromatic carbocycles. The summed E-state index contributed by atoms with van der Waals surface area (Å²) in [6.07, 6.45) is 5.11. The van der Waals surface area contributed by atoms with E-state index < -0.39 is 0 Å². The van der Waals surface area contributed by atoms with Gasteiger partial charge in [-0.15, -0.1) is 0 Å². The minimum atomic E-state index is -0.356. The van der Waals surface area contributed by atoms with E-state index in [1.54, 1.807) is 6.92 Å². The van der Waals surface area contributed by atoms with E-state index in [0.717, 1.165) is 19.3 Å². The molecule has 86 valence electrons. The lowest BCUT2D eigenvalue weighted by Gasteiger charge is -2.20. The lowest BCUT2D eigenvalue weighted by molar-refractivity contribution is 0.102. The molecule has 5 heteroatoms. The molecule has 3 atom stereocenters. The molecule has 1 aromatic heterocycles. The van der Waals surface area contributed by atoms with Crippen LogP contribution in [0.1, 0.15) is 25.0 Å². The van der Waals surface area contributed by atoms with Gasteiger partial charge in [0.1, 0.15) is 6.33 Å². The van der Waals surface area contributed by atoms with Crippen molar-refractivity contribution in [1.29, 1.82) is 0 Å². The number of aromatic nitrogens is 2. The van der Waals surface area contributed by atoms with Crippen LogP contribution in [0.25, 0.3) is 0 Å². The van der Waals surface area contributed by atoms with E-state index in [-0.39, 0.29) is 18.0 Å². The first-order chi connectivity index (χ1) is 7.74. The molecule has 0 saturated carbocycles. The number of aryl methyl sites for hydroxylation is 1. The third kappa shape index (κ3) is 1.55. The Balaban J connectivity index is 1.77. The SMILES string of the molecule is Cc1ncnc(NC2CC3CCC2O3)c1F. The number of halogens is 1. The monoisotopic (exact) mass is 223 g/mol. The number of hydrogen-bond acceptors (Lipinski definition) is 4. The molecule has 3 rings (SSSR count). The molecule has 0 radical (unpaired) electrons. The van der Waals surface area contributed by atoms with Gasteiger partial charge in [0.2, 0.25) is 0 Å². The first kappa shape index (κ1) is 9.96. The average molecular weight is 223 g/mol. The maximum Gasteiger partial charge on any atom is 0.186 e. The topological polar surface area (TPSA) is 47.0 Å². The lowest BCUT2D eigenvalue weighted by atomic mass is 9.95. The van der Waals surface area contributed by atoms with Gasteiger partial charge in [-0.1, -0.05) is 0 Å². The zero-order chi connectivity index (χ0) is 11.1. The van der Waals surface area contributed by atoms with E-state index in [2.05, 4.69) is 15.3 Å². The zero-order valence-electron chi connectivity index (χ0n) is 9.11. The van der Waals surface area contributed by atoms with Crippen LogP contribution < -0.4 is 5.32 Å². The van der Waals surface area contributed by atoms with E-state index in [1.165, 1.54) is 6.33 Å². The van der Waals surface area contributed by atoms with Gasteiger partial charge in [0.15, 0.2) is 11.6 Å². The molecule has 0 spiro atoms. The van der Waals surface area contributed by atoms with Crippen molar-refractivity contribution in [2.24, 2.45) is 0 Å². The summed E-state index contributed by atoms with van der Waals surface area (Å²) in [5.74, 6) is -0.0566. The van der Waals surface area contributed by atoms with Gasteiger partial charge in [0, 0.05) is 0 Å². The highest BCUT2D eigenvalue weighted by Crippen LogP contribution is 2.35. The fraction of sp³-hybridized carbons (Fsp3) is 0.636. The summed E-state index contributed by atoms with van der Waals surface area (Å²) >= 11 is 0. The van der Waals surface area contributed by atoms with Gasteiger partial charge in [0.25, 0.3) is 0 Å². The maximum absolute atomic E-state index is 13.7. The molecule has 2 bridgehead atoms. The molecule has 0 amide bonds. The largest absolute Gasteiger partial charge is 0.373 e. The normalized spacial score (nSPS) is 32.0. The minimum Gasteiger partial charge on any atom is -0.373 e. The predicted octanol–water partition coefficient (Wildman–Crippen LogP) is 1.66. The maximum atomic E-state index is 13.7. The van der Waals surface area contributed by atoms with Crippen LogP contribution in [0.5, 0.6) is 0 Å². The molecular weight excluding hydrogens is 209 g/mol. The quantitative estimate of drug-likeness (QED) is 0.828. The van der Waals surface area contributed by atoms with Gasteiger partial charge in [-0.05, 0) is 26.2 Å². The van der Waals surface area contributed by atoms with Gasteiger partial charge >= 0.3 is 0 Å². The predicted molar refractivity (Wildman–Crippen MR) is 56.6 cm³/mol. The second-order valence-electron chi connectivity index (χ2n) is 4.48. The highest BCUT2D eigenvalue weighted by atomic mass is 19.1. The molecule has 2 saturated heterocycles. The molecule has 2 aliphatic rings. The highest BCUT2D eigenvalue weighted by molar-refractivity contribution is 5.38. The molecule has 4 nitrogen and oxygen atoms in total. The summed E-state index contributed by atoms with van der Waals surface area (Å²) in [7, 11) is 0. The van der Waals surface area contributed by atoms with E-state index in [9.17, 15) is 4.39 Å². The smallest absolute Gasteiger partial charge is 0.186 e. The summed E-state index contributed by atoms with van der Waals surface area (Å²) in [6.45, 7) is 1.64. The van der Waals surface area contributed by atoms with E-state index in [0.29, 0.717) is 17.6 Å². The molecule has 2 fully saturated rings. The summed E-state index contributed by atoms with van der Waals surface area (Å²) in [5, 5.41) is 3.13. The second-order valence-corrected chi connectivity index (χ2v) is 4.48. The molecule has 2 aliphatic heterocycles. The van der Waals surface area contributed by atoms with Crippen molar-refractivity contribution in [3.05, 3.63) is 17.8 Å². The van der Waals surface area contributed by atoms with Crippen LogP contribution in [-0.2, 0) is 4.74 Å². The van der Waals surface area contributed by atoms with Gasteiger partial charge in [-0.25, -0.2) is 14.4 Å². The minimum absolute atomic E-state index is 0.197. The van der Waals surface area contributed by atoms with Crippen molar-refractivity contribution in [1.82, 2.24) is 9.97 Å². The molecule has 1 N–H and O–H groups in total. The van der Waals surface area contributed by atoms with Crippen molar-refractivity contribution >= 4 is 5.82 Å². The van der Waals surface area contributed by atoms with Crippen LogP contribution >= 0.6 is 0 Å². The first-order valence-electron chi connectivity index (χ1n) is 5.63. The van der Waals surface area contributed by atoms with Crippen molar-refractivity contribution in [3.63, 3.8) is 0 Å². The Morgan fingerprint density at radius 3 is 3.00 bits per heavy atom. The molecule has 0 aliphatic carbocycles. The number of ether oxygens (including phenoxy) is 1. The van der Waals surface area contributed by atoms with Crippen LogP contribution in [0.3, 0.4) is 0 Å². The Bertz CT molecular complexity index is 412. The van der Waals surface area contributed by atoms with Crippen molar-refractivity contribution in [3.8, 4) is 0 Å². The van der Waals surface area contributed by atoms with Crippen molar-refractivity contribution in [2.75, 3.05) is 5.32 Å². The van der Waals surface area contributed by atoms with Crippen LogP contribution in [0, 0.1) is 12.7 Å². The Kier molecular flexibility index (Phi) is 2.28. The Morgan fingerprint density at radius 1 is 1.44 bits per heavy atom. The van der Waals surface area contributed by atoms with Gasteiger partial charge in [-0.3, -0.25) is 0 Å². The van der Waals surface area contributed by atoms with Crippen LogP contribution in [0.15, 0.2) is 6.33 Å². The fourth-order valence-corrected chi connectivity index (χ4v) is 2.52. The Hall–Kier alpha value is -1.23. The molecular formula is C11H14FN3O. The lowest BCUT2D eigenvalue weighted by Crippen LogP contribution is -2.31. The van der Waals surface area contributed by atoms with Crippen LogP contribution in [-0.4, -0.2) is 28.2 Å². The summed E-state index contributed by atoms with van der Waals surface area (Å²) in [5.41, 5.74) is 0.376. The summed E-state index contributed by atoms with van der Waals surface area (Å²) in [6, 6.07) is 0.197. The zero-order valence-corrected chi connectivity index (χ0v) is 9.11. The van der Waals surface area contributed by atoms with Crippen LogP contribution in [0.2, 0.25) is 0 Å². The number of anilines is 1. The van der Waals surface area contributed by atoms with Crippen molar-refractivity contribution < 1.29 is 9.13 Å². The van der Waals surface area contributed by atoms with E-state index >= 15 is 0 Å². The molecule has 3 heterocycles. The van der Waals surface area contributed by atoms with Gasteiger partial charge in [-0.2, -0.15) is 0 Å². The van der Waals surface area contributed by atoms with E-state index in [1.807, 2.05) is 0 Å². The number of nitrogens with zero attached hydrogens (tertiary/aromatic N) is 2. The highest BCUT2D eigenvalue weighted by Gasteiger charge is 2.41. The third-order valence-corrected chi connectivity index (χ3v) is 3.39. The third-order valence-electron chi connectivity index (χ3n) is 3.39. The van der Waals surface area contributed by atoms with E-state index in [4.69, 9.17) is 4.74 Å². The molecule has 1 aromatic rings. The van der Waals surface area contributed by atoms with Gasteiger partial charge in [0.05, 0.1) is 23.9 Å².